The lowest BCUT2D eigenvalue weighted by Crippen LogP contribution is -2.25. The van der Waals surface area contributed by atoms with Crippen molar-refractivity contribution < 1.29 is 14.3 Å². The second kappa shape index (κ2) is 8.32. The maximum Gasteiger partial charge on any atom is 0.255 e. The van der Waals surface area contributed by atoms with E-state index >= 15 is 0 Å². The molecule has 0 bridgehead atoms. The molecule has 5 heteroatoms. The smallest absolute Gasteiger partial charge is 0.255 e. The van der Waals surface area contributed by atoms with Crippen molar-refractivity contribution in [3.63, 3.8) is 0 Å². The van der Waals surface area contributed by atoms with Gasteiger partial charge in [0.05, 0.1) is 24.4 Å². The van der Waals surface area contributed by atoms with Crippen molar-refractivity contribution in [2.45, 2.75) is 12.3 Å². The molecular formula is C21H20N2O3. The minimum Gasteiger partial charge on any atom is -0.381 e. The van der Waals surface area contributed by atoms with E-state index in [1.54, 1.807) is 30.3 Å². The summed E-state index contributed by atoms with van der Waals surface area (Å²) in [6.07, 6.45) is 6.13. The van der Waals surface area contributed by atoms with Crippen LogP contribution in [0.1, 0.15) is 38.6 Å². The van der Waals surface area contributed by atoms with E-state index in [2.05, 4.69) is 16.6 Å². The predicted molar refractivity (Wildman–Crippen MR) is 100 cm³/mol. The molecule has 0 aromatic heterocycles. The molecule has 2 aromatic rings. The number of carbonyl (C=O) groups is 2. The van der Waals surface area contributed by atoms with Gasteiger partial charge in [0.1, 0.15) is 0 Å². The molecule has 1 atom stereocenters. The van der Waals surface area contributed by atoms with E-state index < -0.39 is 0 Å². The second-order valence-corrected chi connectivity index (χ2v) is 6.07. The zero-order valence-corrected chi connectivity index (χ0v) is 14.3. The van der Waals surface area contributed by atoms with Crippen LogP contribution in [0.4, 0.5) is 5.69 Å². The third-order valence-corrected chi connectivity index (χ3v) is 4.32. The van der Waals surface area contributed by atoms with Gasteiger partial charge in [-0.3, -0.25) is 9.59 Å². The van der Waals surface area contributed by atoms with Crippen molar-refractivity contribution in [2.24, 2.45) is 0 Å². The van der Waals surface area contributed by atoms with Crippen LogP contribution in [0.2, 0.25) is 0 Å². The fourth-order valence-corrected chi connectivity index (χ4v) is 2.94. The van der Waals surface area contributed by atoms with Crippen LogP contribution in [-0.4, -0.2) is 31.6 Å². The monoisotopic (exact) mass is 348 g/mol. The highest BCUT2D eigenvalue weighted by Gasteiger charge is 2.19. The molecule has 2 aromatic carbocycles. The second-order valence-electron chi connectivity index (χ2n) is 6.07. The topological polar surface area (TPSA) is 67.4 Å². The SMILES string of the molecule is C#CCNC(=O)c1ccccc1NC(=O)c1cccc([C@@H]2CCOC2)c1. The molecule has 0 unspecified atom stereocenters. The van der Waals surface area contributed by atoms with E-state index in [9.17, 15) is 9.59 Å². The molecule has 2 amide bonds. The minimum atomic E-state index is -0.323. The summed E-state index contributed by atoms with van der Waals surface area (Å²) in [5.74, 6) is 2.10. The molecule has 132 valence electrons. The fraction of sp³-hybridized carbons (Fsp3) is 0.238. The summed E-state index contributed by atoms with van der Waals surface area (Å²) in [7, 11) is 0. The van der Waals surface area contributed by atoms with E-state index in [0.717, 1.165) is 18.6 Å². The zero-order valence-electron chi connectivity index (χ0n) is 14.3. The van der Waals surface area contributed by atoms with Gasteiger partial charge < -0.3 is 15.4 Å². The van der Waals surface area contributed by atoms with Crippen molar-refractivity contribution in [2.75, 3.05) is 25.1 Å². The largest absolute Gasteiger partial charge is 0.381 e. The minimum absolute atomic E-state index is 0.132. The van der Waals surface area contributed by atoms with Gasteiger partial charge in [-0.05, 0) is 36.2 Å². The lowest BCUT2D eigenvalue weighted by atomic mass is 9.96. The van der Waals surface area contributed by atoms with Crippen molar-refractivity contribution >= 4 is 17.5 Å². The number of anilines is 1. The Morgan fingerprint density at radius 1 is 1.15 bits per heavy atom. The number of hydrogen-bond acceptors (Lipinski definition) is 3. The molecule has 1 fully saturated rings. The molecule has 1 saturated heterocycles. The number of amides is 2. The summed E-state index contributed by atoms with van der Waals surface area (Å²) >= 11 is 0. The van der Waals surface area contributed by atoms with Crippen LogP contribution in [-0.2, 0) is 4.74 Å². The number of para-hydroxylation sites is 1. The molecule has 0 spiro atoms. The fourth-order valence-electron chi connectivity index (χ4n) is 2.94. The first kappa shape index (κ1) is 17.7. The molecule has 2 N–H and O–H groups in total. The van der Waals surface area contributed by atoms with Crippen LogP contribution in [0, 0.1) is 12.3 Å². The van der Waals surface area contributed by atoms with E-state index in [1.165, 1.54) is 0 Å². The third-order valence-electron chi connectivity index (χ3n) is 4.32. The average Bonchev–Trinajstić information content (AvgIpc) is 3.21. The Balaban J connectivity index is 1.77. The van der Waals surface area contributed by atoms with Crippen LogP contribution in [0.15, 0.2) is 48.5 Å². The van der Waals surface area contributed by atoms with Gasteiger partial charge in [-0.1, -0.05) is 30.2 Å². The van der Waals surface area contributed by atoms with Gasteiger partial charge in [0.15, 0.2) is 0 Å². The van der Waals surface area contributed by atoms with Crippen molar-refractivity contribution in [3.05, 3.63) is 65.2 Å². The van der Waals surface area contributed by atoms with Crippen molar-refractivity contribution in [1.29, 1.82) is 0 Å². The molecule has 0 saturated carbocycles. The number of terminal acetylenes is 1. The van der Waals surface area contributed by atoms with Gasteiger partial charge >= 0.3 is 0 Å². The normalized spacial score (nSPS) is 15.9. The quantitative estimate of drug-likeness (QED) is 0.817. The summed E-state index contributed by atoms with van der Waals surface area (Å²) in [6, 6.07) is 14.4. The number of carbonyl (C=O) groups excluding carboxylic acids is 2. The Morgan fingerprint density at radius 2 is 2.00 bits per heavy atom. The molecule has 1 aliphatic heterocycles. The van der Waals surface area contributed by atoms with Gasteiger partial charge in [0, 0.05) is 18.1 Å². The summed E-state index contributed by atoms with van der Waals surface area (Å²) in [5.41, 5.74) is 2.46. The maximum atomic E-state index is 12.7. The Hall–Kier alpha value is -3.10. The number of benzene rings is 2. The molecule has 1 heterocycles. The van der Waals surface area contributed by atoms with Crippen LogP contribution in [0.5, 0.6) is 0 Å². The molecular weight excluding hydrogens is 328 g/mol. The zero-order chi connectivity index (χ0) is 18.4. The Labute approximate surface area is 152 Å². The van der Waals surface area contributed by atoms with Crippen LogP contribution < -0.4 is 10.6 Å². The highest BCUT2D eigenvalue weighted by Crippen LogP contribution is 2.26. The molecule has 3 rings (SSSR count). The molecule has 0 aliphatic carbocycles. The number of rotatable bonds is 5. The van der Waals surface area contributed by atoms with Crippen LogP contribution in [0.3, 0.4) is 0 Å². The third kappa shape index (κ3) is 4.11. The number of nitrogens with one attached hydrogen (secondary N) is 2. The maximum absolute atomic E-state index is 12.7. The lowest BCUT2D eigenvalue weighted by molar-refractivity contribution is 0.0959. The first-order valence-electron chi connectivity index (χ1n) is 8.49. The number of hydrogen-bond donors (Lipinski definition) is 2. The summed E-state index contributed by atoms with van der Waals surface area (Å²) < 4.78 is 5.42. The number of ether oxygens (including phenoxy) is 1. The first-order valence-corrected chi connectivity index (χ1v) is 8.49. The van der Waals surface area contributed by atoms with E-state index in [1.807, 2.05) is 18.2 Å². The molecule has 26 heavy (non-hydrogen) atoms. The van der Waals surface area contributed by atoms with Crippen molar-refractivity contribution in [3.8, 4) is 12.3 Å². The van der Waals surface area contributed by atoms with Gasteiger partial charge in [-0.15, -0.1) is 6.42 Å². The first-order chi connectivity index (χ1) is 12.7. The Morgan fingerprint density at radius 3 is 2.77 bits per heavy atom. The Bertz CT molecular complexity index is 848. The van der Waals surface area contributed by atoms with Crippen LogP contribution in [0.25, 0.3) is 0 Å². The van der Waals surface area contributed by atoms with Gasteiger partial charge in [-0.25, -0.2) is 0 Å². The van der Waals surface area contributed by atoms with E-state index in [4.69, 9.17) is 11.2 Å². The summed E-state index contributed by atoms with van der Waals surface area (Å²) in [4.78, 5) is 24.9. The van der Waals surface area contributed by atoms with Gasteiger partial charge in [0.25, 0.3) is 11.8 Å². The summed E-state index contributed by atoms with van der Waals surface area (Å²) in [6.45, 7) is 1.57. The average molecular weight is 348 g/mol. The standard InChI is InChI=1S/C21H20N2O3/c1-2-11-22-21(25)18-8-3-4-9-19(18)23-20(24)16-7-5-6-15(13-16)17-10-12-26-14-17/h1,3-9,13,17H,10-12,14H2,(H,22,25)(H,23,24)/t17-/m1/s1. The Kier molecular flexibility index (Phi) is 5.67. The highest BCUT2D eigenvalue weighted by atomic mass is 16.5. The van der Waals surface area contributed by atoms with Gasteiger partial charge in [0.2, 0.25) is 0 Å². The molecule has 5 nitrogen and oxygen atoms in total. The van der Waals surface area contributed by atoms with Crippen LogP contribution >= 0.6 is 0 Å². The predicted octanol–water partition coefficient (Wildman–Crippen LogP) is 2.81. The molecule has 1 aliphatic rings. The lowest BCUT2D eigenvalue weighted by Gasteiger charge is -2.12. The van der Waals surface area contributed by atoms with E-state index in [-0.39, 0.29) is 18.4 Å². The highest BCUT2D eigenvalue weighted by molar-refractivity contribution is 6.09. The molecule has 0 radical (unpaired) electrons. The van der Waals surface area contributed by atoms with E-state index in [0.29, 0.717) is 29.3 Å². The summed E-state index contributed by atoms with van der Waals surface area (Å²) in [5, 5.41) is 5.43. The van der Waals surface area contributed by atoms with Gasteiger partial charge in [-0.2, -0.15) is 0 Å². The van der Waals surface area contributed by atoms with Crippen molar-refractivity contribution in [1.82, 2.24) is 5.32 Å².